The normalized spacial score (nSPS) is 16.1. The van der Waals surface area contributed by atoms with Crippen LogP contribution >= 0.6 is 0 Å². The van der Waals surface area contributed by atoms with E-state index in [9.17, 15) is 9.90 Å². The van der Waals surface area contributed by atoms with Gasteiger partial charge in [0.25, 0.3) is 0 Å². The van der Waals surface area contributed by atoms with E-state index in [1.807, 2.05) is 55.8 Å². The standard InChI is InChI=1S/C26H31NO3/c1-26(2,3)30-25(29)23(19-8-4-5-9-19)20-14-12-18(13-15-20)16-27-17-21-10-6-7-11-22(21)24(27)28/h6-7,10-15,17,19,23,28H,4-5,8-9,16H2,1-3H3/t23-/m0/s1. The second-order valence-corrected chi connectivity index (χ2v) is 9.47. The Hall–Kier alpha value is -2.75. The van der Waals surface area contributed by atoms with Gasteiger partial charge in [-0.3, -0.25) is 4.79 Å². The maximum Gasteiger partial charge on any atom is 0.314 e. The molecule has 0 amide bonds. The number of aromatic hydroxyl groups is 1. The van der Waals surface area contributed by atoms with Crippen molar-refractivity contribution in [2.45, 2.75) is 64.5 Å². The van der Waals surface area contributed by atoms with Crippen molar-refractivity contribution >= 4 is 16.7 Å². The first kappa shape index (κ1) is 20.5. The molecule has 3 aromatic rings. The van der Waals surface area contributed by atoms with Crippen LogP contribution in [-0.2, 0) is 16.1 Å². The topological polar surface area (TPSA) is 51.5 Å². The average Bonchev–Trinajstić information content (AvgIpc) is 3.31. The number of carbonyl (C=O) groups excluding carboxylic acids is 1. The Morgan fingerprint density at radius 1 is 1.10 bits per heavy atom. The Labute approximate surface area is 178 Å². The third-order valence-corrected chi connectivity index (χ3v) is 5.99. The van der Waals surface area contributed by atoms with Gasteiger partial charge in [-0.1, -0.05) is 55.3 Å². The van der Waals surface area contributed by atoms with Crippen molar-refractivity contribution in [3.05, 3.63) is 65.9 Å². The molecule has 30 heavy (non-hydrogen) atoms. The lowest BCUT2D eigenvalue weighted by Gasteiger charge is -2.27. The number of hydrogen-bond acceptors (Lipinski definition) is 3. The van der Waals surface area contributed by atoms with Crippen LogP contribution in [0, 0.1) is 5.92 Å². The fourth-order valence-electron chi connectivity index (χ4n) is 4.60. The zero-order valence-corrected chi connectivity index (χ0v) is 18.1. The van der Waals surface area contributed by atoms with Gasteiger partial charge in [0.05, 0.1) is 12.5 Å². The highest BCUT2D eigenvalue weighted by atomic mass is 16.6. The molecule has 1 atom stereocenters. The number of aromatic nitrogens is 1. The van der Waals surface area contributed by atoms with E-state index in [0.29, 0.717) is 12.5 Å². The Morgan fingerprint density at radius 3 is 2.40 bits per heavy atom. The summed E-state index contributed by atoms with van der Waals surface area (Å²) < 4.78 is 7.63. The first-order chi connectivity index (χ1) is 14.3. The van der Waals surface area contributed by atoms with Gasteiger partial charge in [0, 0.05) is 17.0 Å². The molecule has 1 heterocycles. The number of nitrogens with zero attached hydrogens (tertiary/aromatic N) is 1. The maximum atomic E-state index is 13.0. The van der Waals surface area contributed by atoms with Crippen molar-refractivity contribution in [1.29, 1.82) is 0 Å². The van der Waals surface area contributed by atoms with Crippen LogP contribution < -0.4 is 0 Å². The molecular weight excluding hydrogens is 374 g/mol. The van der Waals surface area contributed by atoms with Gasteiger partial charge in [-0.05, 0) is 56.7 Å². The van der Waals surface area contributed by atoms with Crippen LogP contribution in [0.25, 0.3) is 10.8 Å². The van der Waals surface area contributed by atoms with Crippen LogP contribution in [-0.4, -0.2) is 21.2 Å². The van der Waals surface area contributed by atoms with E-state index >= 15 is 0 Å². The lowest BCUT2D eigenvalue weighted by molar-refractivity contribution is -0.158. The van der Waals surface area contributed by atoms with Crippen LogP contribution in [0.5, 0.6) is 5.88 Å². The van der Waals surface area contributed by atoms with E-state index in [1.54, 1.807) is 0 Å². The highest BCUT2D eigenvalue weighted by Gasteiger charge is 2.35. The quantitative estimate of drug-likeness (QED) is 0.529. The van der Waals surface area contributed by atoms with Gasteiger partial charge < -0.3 is 14.4 Å². The highest BCUT2D eigenvalue weighted by molar-refractivity contribution is 5.87. The number of benzene rings is 2. The second-order valence-electron chi connectivity index (χ2n) is 9.47. The smallest absolute Gasteiger partial charge is 0.314 e. The summed E-state index contributed by atoms with van der Waals surface area (Å²) in [5.41, 5.74) is 1.63. The Morgan fingerprint density at radius 2 is 1.77 bits per heavy atom. The van der Waals surface area contributed by atoms with E-state index in [0.717, 1.165) is 34.7 Å². The van der Waals surface area contributed by atoms with E-state index < -0.39 is 5.60 Å². The zero-order valence-electron chi connectivity index (χ0n) is 18.1. The summed E-state index contributed by atoms with van der Waals surface area (Å²) in [6.45, 7) is 6.36. The molecule has 0 spiro atoms. The molecule has 1 saturated carbocycles. The van der Waals surface area contributed by atoms with Gasteiger partial charge in [-0.2, -0.15) is 0 Å². The lowest BCUT2D eigenvalue weighted by Crippen LogP contribution is -2.30. The number of hydrogen-bond donors (Lipinski definition) is 1. The minimum atomic E-state index is -0.484. The summed E-state index contributed by atoms with van der Waals surface area (Å²) in [6.07, 6.45) is 6.50. The number of esters is 1. The monoisotopic (exact) mass is 405 g/mol. The summed E-state index contributed by atoms with van der Waals surface area (Å²) in [5, 5.41) is 12.4. The van der Waals surface area contributed by atoms with Crippen LogP contribution in [0.15, 0.2) is 54.7 Å². The Kier molecular flexibility index (Phi) is 5.59. The molecule has 4 heteroatoms. The average molecular weight is 406 g/mol. The molecule has 1 aromatic heterocycles. The summed E-state index contributed by atoms with van der Waals surface area (Å²) in [4.78, 5) is 13.0. The second kappa shape index (κ2) is 8.17. The number of fused-ring (bicyclic) bond motifs is 1. The van der Waals surface area contributed by atoms with Crippen molar-refractivity contribution in [1.82, 2.24) is 4.57 Å². The van der Waals surface area contributed by atoms with E-state index in [1.165, 1.54) is 12.8 Å². The molecule has 4 rings (SSSR count). The molecule has 0 saturated heterocycles. The Balaban J connectivity index is 1.56. The summed E-state index contributed by atoms with van der Waals surface area (Å²) in [7, 11) is 0. The van der Waals surface area contributed by atoms with Gasteiger partial charge in [0.15, 0.2) is 5.88 Å². The van der Waals surface area contributed by atoms with Crippen LogP contribution in [0.2, 0.25) is 0 Å². The molecule has 0 unspecified atom stereocenters. The Bertz CT molecular complexity index is 1020. The SMILES string of the molecule is CC(C)(C)OC(=O)[C@H](c1ccc(Cn2cc3ccccc3c2O)cc1)C1CCCC1. The molecule has 158 valence electrons. The zero-order chi connectivity index (χ0) is 21.3. The molecule has 1 aliphatic carbocycles. The fraction of sp³-hybridized carbons (Fsp3) is 0.423. The molecule has 1 fully saturated rings. The predicted octanol–water partition coefficient (Wildman–Crippen LogP) is 6.01. The minimum Gasteiger partial charge on any atom is -0.494 e. The van der Waals surface area contributed by atoms with Crippen molar-refractivity contribution < 1.29 is 14.6 Å². The molecule has 2 aromatic carbocycles. The van der Waals surface area contributed by atoms with Gasteiger partial charge in [-0.25, -0.2) is 0 Å². The van der Waals surface area contributed by atoms with Gasteiger partial charge in [0.2, 0.25) is 0 Å². The first-order valence-corrected chi connectivity index (χ1v) is 10.9. The largest absolute Gasteiger partial charge is 0.494 e. The minimum absolute atomic E-state index is 0.114. The molecule has 4 nitrogen and oxygen atoms in total. The molecular formula is C26H31NO3. The van der Waals surface area contributed by atoms with Gasteiger partial charge >= 0.3 is 5.97 Å². The number of rotatable bonds is 5. The van der Waals surface area contributed by atoms with Crippen molar-refractivity contribution in [2.75, 3.05) is 0 Å². The fourth-order valence-corrected chi connectivity index (χ4v) is 4.60. The van der Waals surface area contributed by atoms with Crippen LogP contribution in [0.1, 0.15) is 63.5 Å². The summed E-state index contributed by atoms with van der Waals surface area (Å²) >= 11 is 0. The van der Waals surface area contributed by atoms with Crippen LogP contribution in [0.4, 0.5) is 0 Å². The third kappa shape index (κ3) is 4.38. The molecule has 0 radical (unpaired) electrons. The maximum absolute atomic E-state index is 13.0. The van der Waals surface area contributed by atoms with Crippen LogP contribution in [0.3, 0.4) is 0 Å². The molecule has 0 bridgehead atoms. The molecule has 1 N–H and O–H groups in total. The van der Waals surface area contributed by atoms with E-state index in [2.05, 4.69) is 24.3 Å². The first-order valence-electron chi connectivity index (χ1n) is 10.9. The molecule has 1 aliphatic rings. The number of carbonyl (C=O) groups is 1. The van der Waals surface area contributed by atoms with Gasteiger partial charge in [-0.15, -0.1) is 0 Å². The number of ether oxygens (including phenoxy) is 1. The lowest BCUT2D eigenvalue weighted by atomic mass is 9.84. The third-order valence-electron chi connectivity index (χ3n) is 5.99. The van der Waals surface area contributed by atoms with E-state index in [-0.39, 0.29) is 17.8 Å². The van der Waals surface area contributed by atoms with Gasteiger partial charge in [0.1, 0.15) is 5.60 Å². The van der Waals surface area contributed by atoms with Crippen molar-refractivity contribution in [3.8, 4) is 5.88 Å². The van der Waals surface area contributed by atoms with E-state index in [4.69, 9.17) is 4.74 Å². The summed E-state index contributed by atoms with van der Waals surface area (Å²) in [5.74, 6) is 0.316. The molecule has 0 aliphatic heterocycles. The van der Waals surface area contributed by atoms with Crippen molar-refractivity contribution in [2.24, 2.45) is 5.92 Å². The highest BCUT2D eigenvalue weighted by Crippen LogP contribution is 2.39. The summed E-state index contributed by atoms with van der Waals surface area (Å²) in [6, 6.07) is 16.1. The predicted molar refractivity (Wildman–Crippen MR) is 120 cm³/mol. The van der Waals surface area contributed by atoms with Crippen molar-refractivity contribution in [3.63, 3.8) is 0 Å².